The molecule has 21 heavy (non-hydrogen) atoms. The molecule has 1 aromatic rings. The highest BCUT2D eigenvalue weighted by Crippen LogP contribution is 2.49. The highest BCUT2D eigenvalue weighted by atomic mass is 35.5. The second-order valence-electron chi connectivity index (χ2n) is 6.32. The minimum absolute atomic E-state index is 0.0617. The maximum absolute atomic E-state index is 12.5. The van der Waals surface area contributed by atoms with Gasteiger partial charge in [-0.15, -0.1) is 0 Å². The van der Waals surface area contributed by atoms with Crippen molar-refractivity contribution in [3.63, 3.8) is 0 Å². The van der Waals surface area contributed by atoms with Crippen LogP contribution in [0.4, 0.5) is 0 Å². The van der Waals surface area contributed by atoms with E-state index in [2.05, 4.69) is 4.72 Å². The number of rotatable bonds is 4. The molecule has 0 saturated heterocycles. The van der Waals surface area contributed by atoms with Crippen molar-refractivity contribution in [2.75, 3.05) is 0 Å². The van der Waals surface area contributed by atoms with Crippen molar-refractivity contribution in [1.82, 2.24) is 4.72 Å². The van der Waals surface area contributed by atoms with Crippen LogP contribution in [-0.2, 0) is 10.0 Å². The zero-order valence-electron chi connectivity index (χ0n) is 11.9. The lowest BCUT2D eigenvalue weighted by Gasteiger charge is -2.28. The summed E-state index contributed by atoms with van der Waals surface area (Å²) >= 11 is 11.9. The van der Waals surface area contributed by atoms with Crippen LogP contribution in [-0.4, -0.2) is 14.5 Å². The molecule has 0 aliphatic heterocycles. The Morgan fingerprint density at radius 3 is 2.62 bits per heavy atom. The van der Waals surface area contributed by atoms with Crippen LogP contribution in [0.3, 0.4) is 0 Å². The number of fused-ring (bicyclic) bond motifs is 2. The molecule has 0 heterocycles. The Labute approximate surface area is 136 Å². The van der Waals surface area contributed by atoms with Gasteiger partial charge in [0.15, 0.2) is 0 Å². The second kappa shape index (κ2) is 5.73. The average molecular weight is 348 g/mol. The molecule has 3 rings (SSSR count). The van der Waals surface area contributed by atoms with Gasteiger partial charge in [0.25, 0.3) is 0 Å². The molecule has 0 aromatic heterocycles. The molecule has 0 spiro atoms. The van der Waals surface area contributed by atoms with Gasteiger partial charge in [-0.25, -0.2) is 13.1 Å². The van der Waals surface area contributed by atoms with Crippen LogP contribution in [0, 0.1) is 17.8 Å². The Hall–Kier alpha value is -0.290. The Kier molecular flexibility index (Phi) is 4.25. The summed E-state index contributed by atoms with van der Waals surface area (Å²) in [6.45, 7) is 1.96. The molecule has 1 aromatic carbocycles. The maximum Gasteiger partial charge on any atom is 0.242 e. The summed E-state index contributed by atoms with van der Waals surface area (Å²) < 4.78 is 27.8. The minimum Gasteiger partial charge on any atom is -0.208 e. The third-order valence-corrected chi connectivity index (χ3v) is 7.23. The van der Waals surface area contributed by atoms with Gasteiger partial charge >= 0.3 is 0 Å². The third kappa shape index (κ3) is 3.09. The molecule has 0 unspecified atom stereocenters. The molecule has 2 aliphatic carbocycles. The molecule has 2 bridgehead atoms. The number of hydrogen-bond acceptors (Lipinski definition) is 2. The molecule has 0 radical (unpaired) electrons. The molecule has 116 valence electrons. The topological polar surface area (TPSA) is 46.2 Å². The van der Waals surface area contributed by atoms with E-state index in [4.69, 9.17) is 23.2 Å². The first-order valence-electron chi connectivity index (χ1n) is 7.34. The number of benzene rings is 1. The molecule has 2 aliphatic rings. The standard InChI is InChI=1S/C15H19Cl2NO2S/c1-9(13-7-10-2-3-11(13)6-10)18-21(19,20)15-8-12(16)4-5-14(15)17/h4-5,8-11,13,18H,2-3,6-7H2,1H3/t9-,10+,11+,13-/m1/s1. The molecule has 2 saturated carbocycles. The van der Waals surface area contributed by atoms with Gasteiger partial charge in [-0.2, -0.15) is 0 Å². The summed E-state index contributed by atoms with van der Waals surface area (Å²) in [5.74, 6) is 1.90. The number of sulfonamides is 1. The van der Waals surface area contributed by atoms with E-state index < -0.39 is 10.0 Å². The number of nitrogens with one attached hydrogen (secondary N) is 1. The SMILES string of the molecule is C[C@@H](NS(=O)(=O)c1cc(Cl)ccc1Cl)[C@H]1C[C@H]2CC[C@H]1C2. The predicted molar refractivity (Wildman–Crippen MR) is 85.2 cm³/mol. The lowest BCUT2D eigenvalue weighted by atomic mass is 9.84. The van der Waals surface area contributed by atoms with Crippen molar-refractivity contribution >= 4 is 33.2 Å². The van der Waals surface area contributed by atoms with Crippen molar-refractivity contribution in [3.8, 4) is 0 Å². The summed E-state index contributed by atoms with van der Waals surface area (Å²) in [7, 11) is -3.63. The molecule has 2 fully saturated rings. The lowest BCUT2D eigenvalue weighted by molar-refractivity contribution is 0.280. The maximum atomic E-state index is 12.5. The summed E-state index contributed by atoms with van der Waals surface area (Å²) in [4.78, 5) is 0.0617. The quantitative estimate of drug-likeness (QED) is 0.891. The van der Waals surface area contributed by atoms with Gasteiger partial charge in [-0.05, 0) is 62.1 Å². The monoisotopic (exact) mass is 347 g/mol. The van der Waals surface area contributed by atoms with Crippen molar-refractivity contribution in [3.05, 3.63) is 28.2 Å². The third-order valence-electron chi connectivity index (χ3n) is 4.96. The average Bonchev–Trinajstić information content (AvgIpc) is 3.03. The normalized spacial score (nSPS) is 29.8. The van der Waals surface area contributed by atoms with Gasteiger partial charge < -0.3 is 0 Å². The summed E-state index contributed by atoms with van der Waals surface area (Å²) in [5, 5.41) is 0.569. The first-order valence-corrected chi connectivity index (χ1v) is 9.58. The molecule has 3 nitrogen and oxygen atoms in total. The van der Waals surface area contributed by atoms with E-state index in [0.717, 1.165) is 12.3 Å². The van der Waals surface area contributed by atoms with Gasteiger partial charge in [0.1, 0.15) is 4.90 Å². The van der Waals surface area contributed by atoms with E-state index >= 15 is 0 Å². The predicted octanol–water partition coefficient (Wildman–Crippen LogP) is 4.10. The Balaban J connectivity index is 1.78. The fraction of sp³-hybridized carbons (Fsp3) is 0.600. The van der Waals surface area contributed by atoms with Gasteiger partial charge in [0.2, 0.25) is 10.0 Å². The van der Waals surface area contributed by atoms with Crippen LogP contribution < -0.4 is 4.72 Å². The molecule has 1 N–H and O–H groups in total. The van der Waals surface area contributed by atoms with Crippen molar-refractivity contribution < 1.29 is 8.42 Å². The minimum atomic E-state index is -3.63. The van der Waals surface area contributed by atoms with Crippen LogP contribution in [0.25, 0.3) is 0 Å². The molecular formula is C15H19Cl2NO2S. The Morgan fingerprint density at radius 2 is 2.00 bits per heavy atom. The van der Waals surface area contributed by atoms with Gasteiger partial charge in [0, 0.05) is 11.1 Å². The van der Waals surface area contributed by atoms with Gasteiger partial charge in [-0.3, -0.25) is 0 Å². The first-order chi connectivity index (χ1) is 9.87. The zero-order chi connectivity index (χ0) is 15.2. The van der Waals surface area contributed by atoms with E-state index in [9.17, 15) is 8.42 Å². The number of hydrogen-bond donors (Lipinski definition) is 1. The summed E-state index contributed by atoms with van der Waals surface area (Å²) in [6.07, 6.45) is 4.94. The number of halogens is 2. The molecule has 4 atom stereocenters. The Bertz CT molecular complexity index is 647. The van der Waals surface area contributed by atoms with Crippen molar-refractivity contribution in [2.24, 2.45) is 17.8 Å². The van der Waals surface area contributed by atoms with Gasteiger partial charge in [0.05, 0.1) is 5.02 Å². The van der Waals surface area contributed by atoms with Crippen LogP contribution in [0.5, 0.6) is 0 Å². The fourth-order valence-electron chi connectivity index (χ4n) is 3.99. The molecule has 6 heteroatoms. The summed E-state index contributed by atoms with van der Waals surface area (Å²) in [6, 6.07) is 4.43. The second-order valence-corrected chi connectivity index (χ2v) is 8.85. The van der Waals surface area contributed by atoms with Crippen LogP contribution >= 0.6 is 23.2 Å². The largest absolute Gasteiger partial charge is 0.242 e. The molecular weight excluding hydrogens is 329 g/mol. The van der Waals surface area contributed by atoms with Crippen LogP contribution in [0.2, 0.25) is 10.0 Å². The highest BCUT2D eigenvalue weighted by molar-refractivity contribution is 7.89. The smallest absolute Gasteiger partial charge is 0.208 e. The van der Waals surface area contributed by atoms with E-state index in [1.165, 1.54) is 31.4 Å². The van der Waals surface area contributed by atoms with Gasteiger partial charge in [-0.1, -0.05) is 29.6 Å². The van der Waals surface area contributed by atoms with E-state index in [1.54, 1.807) is 6.07 Å². The van der Waals surface area contributed by atoms with Crippen molar-refractivity contribution in [2.45, 2.75) is 43.5 Å². The Morgan fingerprint density at radius 1 is 1.24 bits per heavy atom. The highest BCUT2D eigenvalue weighted by Gasteiger charge is 2.42. The fourth-order valence-corrected chi connectivity index (χ4v) is 6.04. The van der Waals surface area contributed by atoms with Crippen molar-refractivity contribution in [1.29, 1.82) is 0 Å². The zero-order valence-corrected chi connectivity index (χ0v) is 14.2. The lowest BCUT2D eigenvalue weighted by Crippen LogP contribution is -2.40. The molecule has 0 amide bonds. The van der Waals surface area contributed by atoms with E-state index in [0.29, 0.717) is 16.9 Å². The van der Waals surface area contributed by atoms with Crippen LogP contribution in [0.1, 0.15) is 32.6 Å². The van der Waals surface area contributed by atoms with E-state index in [1.807, 2.05) is 6.92 Å². The first kappa shape index (κ1) is 15.6. The summed E-state index contributed by atoms with van der Waals surface area (Å²) in [5.41, 5.74) is 0. The van der Waals surface area contributed by atoms with E-state index in [-0.39, 0.29) is 16.0 Å². The van der Waals surface area contributed by atoms with Crippen LogP contribution in [0.15, 0.2) is 23.1 Å².